The third-order valence-electron chi connectivity index (χ3n) is 3.69. The van der Waals surface area contributed by atoms with Gasteiger partial charge in [-0.1, -0.05) is 18.2 Å². The average Bonchev–Trinajstić information content (AvgIpc) is 2.61. The molecule has 0 fully saturated rings. The van der Waals surface area contributed by atoms with Crippen molar-refractivity contribution in [2.24, 2.45) is 0 Å². The van der Waals surface area contributed by atoms with Crippen molar-refractivity contribution in [3.05, 3.63) is 59.7 Å². The first-order valence-electron chi connectivity index (χ1n) is 7.94. The third-order valence-corrected chi connectivity index (χ3v) is 3.69. The van der Waals surface area contributed by atoms with E-state index in [1.807, 2.05) is 0 Å². The number of amides is 2. The Labute approximate surface area is 151 Å². The van der Waals surface area contributed by atoms with Crippen LogP contribution in [0.4, 0.5) is 5.69 Å². The van der Waals surface area contributed by atoms with Crippen LogP contribution in [-0.4, -0.2) is 36.0 Å². The van der Waals surface area contributed by atoms with Gasteiger partial charge >= 0.3 is 5.97 Å². The van der Waals surface area contributed by atoms with E-state index >= 15 is 0 Å². The summed E-state index contributed by atoms with van der Waals surface area (Å²) in [6, 6.07) is 12.1. The van der Waals surface area contributed by atoms with Gasteiger partial charge in [0.05, 0.1) is 7.11 Å². The summed E-state index contributed by atoms with van der Waals surface area (Å²) in [5.74, 6) is -1.31. The van der Waals surface area contributed by atoms with Crippen LogP contribution in [-0.2, 0) is 16.0 Å². The first-order valence-corrected chi connectivity index (χ1v) is 7.94. The van der Waals surface area contributed by atoms with E-state index in [0.717, 1.165) is 0 Å². The van der Waals surface area contributed by atoms with E-state index in [1.54, 1.807) is 36.4 Å². The van der Waals surface area contributed by atoms with Crippen LogP contribution in [0, 0.1) is 0 Å². The van der Waals surface area contributed by atoms with E-state index in [-0.39, 0.29) is 12.3 Å². The van der Waals surface area contributed by atoms with Crippen molar-refractivity contribution >= 4 is 23.5 Å². The number of methoxy groups -OCH3 is 1. The van der Waals surface area contributed by atoms with Gasteiger partial charge in [0.25, 0.3) is 5.91 Å². The Morgan fingerprint density at radius 2 is 1.73 bits per heavy atom. The molecule has 3 N–H and O–H groups in total. The lowest BCUT2D eigenvalue weighted by Crippen LogP contribution is -2.42. The summed E-state index contributed by atoms with van der Waals surface area (Å²) in [5.41, 5.74) is 1.53. The Morgan fingerprint density at radius 1 is 1.08 bits per heavy atom. The molecule has 0 aromatic heterocycles. The van der Waals surface area contributed by atoms with Crippen LogP contribution < -0.4 is 15.4 Å². The Balaban J connectivity index is 2.10. The van der Waals surface area contributed by atoms with E-state index in [1.165, 1.54) is 26.2 Å². The zero-order valence-corrected chi connectivity index (χ0v) is 14.5. The quantitative estimate of drug-likeness (QED) is 0.704. The van der Waals surface area contributed by atoms with Crippen LogP contribution in [0.15, 0.2) is 48.5 Å². The maximum Gasteiger partial charge on any atom is 0.326 e. The second-order valence-corrected chi connectivity index (χ2v) is 5.64. The molecule has 0 spiro atoms. The smallest absolute Gasteiger partial charge is 0.326 e. The topological polar surface area (TPSA) is 105 Å². The van der Waals surface area contributed by atoms with Gasteiger partial charge in [0.2, 0.25) is 5.91 Å². The van der Waals surface area contributed by atoms with Gasteiger partial charge in [-0.25, -0.2) is 4.79 Å². The number of para-hydroxylation sites is 1. The van der Waals surface area contributed by atoms with Crippen molar-refractivity contribution in [2.75, 3.05) is 12.4 Å². The molecule has 0 saturated carbocycles. The first kappa shape index (κ1) is 19.0. The molecule has 7 heteroatoms. The van der Waals surface area contributed by atoms with Crippen molar-refractivity contribution < 1.29 is 24.2 Å². The minimum Gasteiger partial charge on any atom is -0.496 e. The molecular formula is C19H20N2O5. The maximum atomic E-state index is 12.3. The molecule has 0 radical (unpaired) electrons. The Morgan fingerprint density at radius 3 is 2.31 bits per heavy atom. The Kier molecular flexibility index (Phi) is 6.32. The molecule has 2 rings (SSSR count). The van der Waals surface area contributed by atoms with Crippen LogP contribution >= 0.6 is 0 Å². The number of hydrogen-bond donors (Lipinski definition) is 3. The van der Waals surface area contributed by atoms with Crippen LogP contribution in [0.2, 0.25) is 0 Å². The van der Waals surface area contributed by atoms with Crippen LogP contribution in [0.5, 0.6) is 5.75 Å². The molecule has 0 aliphatic heterocycles. The second kappa shape index (κ2) is 8.66. The normalized spacial score (nSPS) is 11.3. The largest absolute Gasteiger partial charge is 0.496 e. The van der Waals surface area contributed by atoms with E-state index in [0.29, 0.717) is 22.6 Å². The van der Waals surface area contributed by atoms with Gasteiger partial charge < -0.3 is 20.5 Å². The maximum absolute atomic E-state index is 12.3. The molecule has 1 atom stereocenters. The molecule has 0 bridgehead atoms. The summed E-state index contributed by atoms with van der Waals surface area (Å²) in [4.78, 5) is 34.9. The number of nitrogens with one attached hydrogen (secondary N) is 2. The van der Waals surface area contributed by atoms with Crippen LogP contribution in [0.25, 0.3) is 0 Å². The summed E-state index contributed by atoms with van der Waals surface area (Å²) >= 11 is 0. The van der Waals surface area contributed by atoms with E-state index in [2.05, 4.69) is 10.6 Å². The number of hydrogen-bond acceptors (Lipinski definition) is 4. The number of rotatable bonds is 7. The molecule has 2 amide bonds. The minimum atomic E-state index is -1.14. The molecule has 26 heavy (non-hydrogen) atoms. The van der Waals surface area contributed by atoms with Crippen molar-refractivity contribution in [3.63, 3.8) is 0 Å². The van der Waals surface area contributed by atoms with Gasteiger partial charge in [-0.3, -0.25) is 9.59 Å². The molecule has 0 aliphatic carbocycles. The molecule has 7 nitrogen and oxygen atoms in total. The summed E-state index contributed by atoms with van der Waals surface area (Å²) in [6.07, 6.45) is 0.0923. The first-order chi connectivity index (χ1) is 12.4. The van der Waals surface area contributed by atoms with Gasteiger partial charge in [-0.15, -0.1) is 0 Å². The van der Waals surface area contributed by atoms with Crippen molar-refractivity contribution in [1.82, 2.24) is 5.32 Å². The highest BCUT2D eigenvalue weighted by atomic mass is 16.5. The highest BCUT2D eigenvalue weighted by molar-refractivity contribution is 5.97. The molecule has 136 valence electrons. The molecule has 0 unspecified atom stereocenters. The molecule has 0 heterocycles. The lowest BCUT2D eigenvalue weighted by molar-refractivity contribution is -0.139. The molecule has 2 aromatic carbocycles. The highest BCUT2D eigenvalue weighted by Crippen LogP contribution is 2.19. The predicted octanol–water partition coefficient (Wildman–Crippen LogP) is 2.08. The number of carbonyl (C=O) groups is 3. The number of carboxylic acids is 1. The fourth-order valence-electron chi connectivity index (χ4n) is 2.44. The number of carboxylic acid groups (broad SMARTS) is 1. The monoisotopic (exact) mass is 356 g/mol. The van der Waals surface area contributed by atoms with Crippen LogP contribution in [0.1, 0.15) is 22.8 Å². The van der Waals surface area contributed by atoms with E-state index < -0.39 is 17.9 Å². The van der Waals surface area contributed by atoms with Gasteiger partial charge in [0, 0.05) is 24.6 Å². The fraction of sp³-hybridized carbons (Fsp3) is 0.211. The van der Waals surface area contributed by atoms with E-state index in [4.69, 9.17) is 4.74 Å². The predicted molar refractivity (Wildman–Crippen MR) is 96.3 cm³/mol. The van der Waals surface area contributed by atoms with Crippen molar-refractivity contribution in [2.45, 2.75) is 19.4 Å². The summed E-state index contributed by atoms with van der Waals surface area (Å²) in [5, 5.41) is 14.5. The lowest BCUT2D eigenvalue weighted by Gasteiger charge is -2.16. The Hall–Kier alpha value is -3.35. The standard InChI is InChI=1S/C19H20N2O5/c1-12(22)20-15-9-7-13(8-10-15)18(23)21-16(19(24)25)11-14-5-3-4-6-17(14)26-2/h3-10,16H,11H2,1-2H3,(H,20,22)(H,21,23)(H,24,25)/t16-/m1/s1. The molecule has 0 saturated heterocycles. The number of benzene rings is 2. The summed E-state index contributed by atoms with van der Waals surface area (Å²) in [6.45, 7) is 1.38. The molecular weight excluding hydrogens is 336 g/mol. The van der Waals surface area contributed by atoms with Gasteiger partial charge in [0.1, 0.15) is 11.8 Å². The second-order valence-electron chi connectivity index (χ2n) is 5.64. The summed E-state index contributed by atoms with van der Waals surface area (Å²) < 4.78 is 5.22. The van der Waals surface area contributed by atoms with Gasteiger partial charge in [0.15, 0.2) is 0 Å². The van der Waals surface area contributed by atoms with Crippen LogP contribution in [0.3, 0.4) is 0 Å². The van der Waals surface area contributed by atoms with Crippen molar-refractivity contribution in [3.8, 4) is 5.75 Å². The fourth-order valence-corrected chi connectivity index (χ4v) is 2.44. The third kappa shape index (κ3) is 5.07. The SMILES string of the molecule is COc1ccccc1C[C@@H](NC(=O)c1ccc(NC(C)=O)cc1)C(=O)O. The number of anilines is 1. The van der Waals surface area contributed by atoms with Gasteiger partial charge in [-0.2, -0.15) is 0 Å². The van der Waals surface area contributed by atoms with Gasteiger partial charge in [-0.05, 0) is 35.9 Å². The minimum absolute atomic E-state index is 0.0923. The number of carbonyl (C=O) groups excluding carboxylic acids is 2. The van der Waals surface area contributed by atoms with E-state index in [9.17, 15) is 19.5 Å². The molecule has 2 aromatic rings. The zero-order valence-electron chi connectivity index (χ0n) is 14.5. The molecule has 0 aliphatic rings. The Bertz CT molecular complexity index is 802. The average molecular weight is 356 g/mol. The lowest BCUT2D eigenvalue weighted by atomic mass is 10.0. The zero-order chi connectivity index (χ0) is 19.1. The number of ether oxygens (including phenoxy) is 1. The summed E-state index contributed by atoms with van der Waals surface area (Å²) in [7, 11) is 1.50. The highest BCUT2D eigenvalue weighted by Gasteiger charge is 2.22. The number of aliphatic carboxylic acids is 1. The van der Waals surface area contributed by atoms with Crippen molar-refractivity contribution in [1.29, 1.82) is 0 Å².